The summed E-state index contributed by atoms with van der Waals surface area (Å²) in [7, 11) is 0. The van der Waals surface area contributed by atoms with E-state index < -0.39 is 0 Å². The van der Waals surface area contributed by atoms with Gasteiger partial charge in [0.25, 0.3) is 11.8 Å². The van der Waals surface area contributed by atoms with Gasteiger partial charge in [0.1, 0.15) is 5.75 Å². The molecular weight excluding hydrogens is 382 g/mol. The lowest BCUT2D eigenvalue weighted by Gasteiger charge is -2.18. The smallest absolute Gasteiger partial charge is 0.272 e. The molecule has 0 bridgehead atoms. The number of benzene rings is 2. The standard InChI is InChI=1S/C24H27NO3S/c1-6-29-22-21(18-8-10-19(11-9-18)28-14-15(2)3)23(26)25(24(22)27)20-12-7-16(4)13-17(20)5/h7-13,15H,6,14H2,1-5H3. The highest BCUT2D eigenvalue weighted by Gasteiger charge is 2.40. The Bertz CT molecular complexity index is 961. The Morgan fingerprint density at radius 3 is 2.28 bits per heavy atom. The van der Waals surface area contributed by atoms with Crippen molar-refractivity contribution in [2.24, 2.45) is 5.92 Å². The summed E-state index contributed by atoms with van der Waals surface area (Å²) in [6.07, 6.45) is 0. The maximum atomic E-state index is 13.3. The lowest BCUT2D eigenvalue weighted by atomic mass is 10.1. The number of carbonyl (C=O) groups excluding carboxylic acids is 2. The van der Waals surface area contributed by atoms with Crippen LogP contribution >= 0.6 is 11.8 Å². The van der Waals surface area contributed by atoms with Gasteiger partial charge in [-0.05, 0) is 54.8 Å². The molecule has 0 spiro atoms. The molecule has 5 heteroatoms. The van der Waals surface area contributed by atoms with Gasteiger partial charge in [0.05, 0.1) is 22.8 Å². The Labute approximate surface area is 176 Å². The first-order valence-corrected chi connectivity index (χ1v) is 10.9. The minimum Gasteiger partial charge on any atom is -0.493 e. The molecule has 0 aliphatic carbocycles. The number of hydrogen-bond donors (Lipinski definition) is 0. The van der Waals surface area contributed by atoms with Crippen molar-refractivity contribution in [3.05, 3.63) is 64.1 Å². The first-order valence-electron chi connectivity index (χ1n) is 9.89. The summed E-state index contributed by atoms with van der Waals surface area (Å²) in [6.45, 7) is 10.7. The number of aryl methyl sites for hydroxylation is 2. The summed E-state index contributed by atoms with van der Waals surface area (Å²) in [5.41, 5.74) is 3.86. The maximum absolute atomic E-state index is 13.3. The molecule has 2 aromatic carbocycles. The van der Waals surface area contributed by atoms with Crippen molar-refractivity contribution < 1.29 is 14.3 Å². The van der Waals surface area contributed by atoms with Crippen molar-refractivity contribution in [1.82, 2.24) is 0 Å². The lowest BCUT2D eigenvalue weighted by molar-refractivity contribution is -0.119. The van der Waals surface area contributed by atoms with Gasteiger partial charge in [0.15, 0.2) is 0 Å². The highest BCUT2D eigenvalue weighted by atomic mass is 32.2. The molecule has 3 rings (SSSR count). The summed E-state index contributed by atoms with van der Waals surface area (Å²) >= 11 is 1.42. The van der Waals surface area contributed by atoms with Crippen molar-refractivity contribution in [2.75, 3.05) is 17.3 Å². The van der Waals surface area contributed by atoms with Crippen molar-refractivity contribution in [3.8, 4) is 5.75 Å². The van der Waals surface area contributed by atoms with Crippen molar-refractivity contribution in [1.29, 1.82) is 0 Å². The third-order valence-electron chi connectivity index (χ3n) is 4.65. The third-order valence-corrected chi connectivity index (χ3v) is 5.61. The van der Waals surface area contributed by atoms with E-state index in [-0.39, 0.29) is 11.8 Å². The molecule has 4 nitrogen and oxygen atoms in total. The Hall–Kier alpha value is -2.53. The van der Waals surface area contributed by atoms with E-state index in [4.69, 9.17) is 4.74 Å². The highest BCUT2D eigenvalue weighted by Crippen LogP contribution is 2.39. The molecule has 0 N–H and O–H groups in total. The maximum Gasteiger partial charge on any atom is 0.272 e. The average molecular weight is 410 g/mol. The number of carbonyl (C=O) groups is 2. The van der Waals surface area contributed by atoms with E-state index in [1.807, 2.05) is 63.2 Å². The van der Waals surface area contributed by atoms with E-state index in [9.17, 15) is 9.59 Å². The van der Waals surface area contributed by atoms with Gasteiger partial charge in [-0.3, -0.25) is 9.59 Å². The number of amides is 2. The summed E-state index contributed by atoms with van der Waals surface area (Å²) < 4.78 is 5.74. The molecule has 1 aliphatic rings. The van der Waals surface area contributed by atoms with Gasteiger partial charge >= 0.3 is 0 Å². The number of hydrogen-bond acceptors (Lipinski definition) is 4. The van der Waals surface area contributed by atoms with Crippen LogP contribution in [0.1, 0.15) is 37.5 Å². The fraction of sp³-hybridized carbons (Fsp3) is 0.333. The molecule has 0 atom stereocenters. The molecule has 0 radical (unpaired) electrons. The van der Waals surface area contributed by atoms with E-state index in [1.165, 1.54) is 16.7 Å². The molecule has 0 saturated heterocycles. The summed E-state index contributed by atoms with van der Waals surface area (Å²) in [4.78, 5) is 28.3. The molecule has 0 saturated carbocycles. The number of ether oxygens (including phenoxy) is 1. The number of nitrogens with zero attached hydrogens (tertiary/aromatic N) is 1. The first kappa shape index (κ1) is 21.2. The van der Waals surface area contributed by atoms with Crippen molar-refractivity contribution >= 4 is 34.8 Å². The molecule has 0 aromatic heterocycles. The normalized spacial score (nSPS) is 14.3. The van der Waals surface area contributed by atoms with Crippen molar-refractivity contribution in [3.63, 3.8) is 0 Å². The Kier molecular flexibility index (Phi) is 6.48. The van der Waals surface area contributed by atoms with Gasteiger partial charge in [-0.2, -0.15) is 0 Å². The van der Waals surface area contributed by atoms with Crippen LogP contribution in [0.2, 0.25) is 0 Å². The van der Waals surface area contributed by atoms with Gasteiger partial charge < -0.3 is 4.74 Å². The van der Waals surface area contributed by atoms with Crippen LogP contribution in [-0.2, 0) is 9.59 Å². The van der Waals surface area contributed by atoms with Gasteiger partial charge in [-0.1, -0.05) is 50.6 Å². The van der Waals surface area contributed by atoms with Crippen LogP contribution in [0.3, 0.4) is 0 Å². The predicted octanol–water partition coefficient (Wildman–Crippen LogP) is 5.38. The van der Waals surface area contributed by atoms with Gasteiger partial charge in [0, 0.05) is 0 Å². The zero-order valence-corrected chi connectivity index (χ0v) is 18.4. The topological polar surface area (TPSA) is 46.6 Å². The summed E-state index contributed by atoms with van der Waals surface area (Å²) in [6, 6.07) is 13.2. The second-order valence-corrected chi connectivity index (χ2v) is 8.88. The van der Waals surface area contributed by atoms with E-state index in [1.54, 1.807) is 0 Å². The molecule has 29 heavy (non-hydrogen) atoms. The monoisotopic (exact) mass is 409 g/mol. The molecule has 1 aliphatic heterocycles. The first-order chi connectivity index (χ1) is 13.8. The average Bonchev–Trinajstić information content (AvgIpc) is 2.91. The number of thioether (sulfide) groups is 1. The fourth-order valence-corrected chi connectivity index (χ4v) is 4.15. The lowest BCUT2D eigenvalue weighted by Crippen LogP contribution is -2.32. The minimum absolute atomic E-state index is 0.246. The quantitative estimate of drug-likeness (QED) is 0.576. The van der Waals surface area contributed by atoms with Crippen LogP contribution in [0.25, 0.3) is 5.57 Å². The largest absolute Gasteiger partial charge is 0.493 e. The van der Waals surface area contributed by atoms with E-state index in [0.717, 1.165) is 22.4 Å². The van der Waals surface area contributed by atoms with Crippen LogP contribution in [-0.4, -0.2) is 24.2 Å². The molecule has 1 heterocycles. The molecule has 2 amide bonds. The summed E-state index contributed by atoms with van der Waals surface area (Å²) in [5, 5.41) is 0. The van der Waals surface area contributed by atoms with E-state index >= 15 is 0 Å². The second-order valence-electron chi connectivity index (χ2n) is 7.60. The van der Waals surface area contributed by atoms with E-state index in [0.29, 0.717) is 34.4 Å². The van der Waals surface area contributed by atoms with Crippen molar-refractivity contribution in [2.45, 2.75) is 34.6 Å². The Morgan fingerprint density at radius 2 is 1.69 bits per heavy atom. The van der Waals surface area contributed by atoms with Gasteiger partial charge in [-0.25, -0.2) is 4.90 Å². The molecule has 0 unspecified atom stereocenters. The molecule has 0 fully saturated rings. The zero-order valence-electron chi connectivity index (χ0n) is 17.6. The van der Waals surface area contributed by atoms with Crippen LogP contribution in [0, 0.1) is 19.8 Å². The van der Waals surface area contributed by atoms with Crippen LogP contribution in [0.4, 0.5) is 5.69 Å². The number of imide groups is 1. The van der Waals surface area contributed by atoms with Crippen LogP contribution < -0.4 is 9.64 Å². The number of rotatable bonds is 7. The van der Waals surface area contributed by atoms with Crippen LogP contribution in [0.5, 0.6) is 5.75 Å². The summed E-state index contributed by atoms with van der Waals surface area (Å²) in [5.74, 6) is 1.40. The Balaban J connectivity index is 1.97. The molecule has 152 valence electrons. The number of anilines is 1. The minimum atomic E-state index is -0.270. The van der Waals surface area contributed by atoms with Gasteiger partial charge in [-0.15, -0.1) is 11.8 Å². The Morgan fingerprint density at radius 1 is 1.00 bits per heavy atom. The molecule has 2 aromatic rings. The second kappa shape index (κ2) is 8.87. The molecular formula is C24H27NO3S. The van der Waals surface area contributed by atoms with Crippen LogP contribution in [0.15, 0.2) is 47.4 Å². The highest BCUT2D eigenvalue weighted by molar-refractivity contribution is 8.04. The third kappa shape index (κ3) is 4.40. The SMILES string of the molecule is CCSC1=C(c2ccc(OCC(C)C)cc2)C(=O)N(c2ccc(C)cc2C)C1=O. The van der Waals surface area contributed by atoms with Gasteiger partial charge in [0.2, 0.25) is 0 Å². The van der Waals surface area contributed by atoms with E-state index in [2.05, 4.69) is 13.8 Å². The zero-order chi connectivity index (χ0) is 21.1. The predicted molar refractivity (Wildman–Crippen MR) is 120 cm³/mol. The fourth-order valence-electron chi connectivity index (χ4n) is 3.30.